The van der Waals surface area contributed by atoms with Crippen molar-refractivity contribution in [1.29, 1.82) is 0 Å². The number of hydrogen-bond donors (Lipinski definition) is 1. The van der Waals surface area contributed by atoms with E-state index >= 15 is 0 Å². The first kappa shape index (κ1) is 17.1. The molecule has 2 aromatic rings. The van der Waals surface area contributed by atoms with Crippen LogP contribution in [0.25, 0.3) is 0 Å². The minimum atomic E-state index is -0.805. The summed E-state index contributed by atoms with van der Waals surface area (Å²) in [5.74, 6) is -1.55. The number of aryl methyl sites for hydroxylation is 1. The largest absolute Gasteiger partial charge is 0.354 e. The molecule has 1 aliphatic rings. The van der Waals surface area contributed by atoms with E-state index in [-0.39, 0.29) is 23.1 Å². The molecule has 25 heavy (non-hydrogen) atoms. The molecule has 1 saturated heterocycles. The zero-order valence-electron chi connectivity index (χ0n) is 13.7. The van der Waals surface area contributed by atoms with Crippen molar-refractivity contribution >= 4 is 17.4 Å². The van der Waals surface area contributed by atoms with Crippen LogP contribution in [0.3, 0.4) is 0 Å². The van der Waals surface area contributed by atoms with Crippen LogP contribution in [-0.2, 0) is 11.8 Å². The van der Waals surface area contributed by atoms with Gasteiger partial charge in [0.2, 0.25) is 5.91 Å². The number of piperidine rings is 1. The maximum Gasteiger partial charge on any atom is 0.266 e. The predicted molar refractivity (Wildman–Crippen MR) is 89.4 cm³/mol. The quantitative estimate of drug-likeness (QED) is 0.920. The summed E-state index contributed by atoms with van der Waals surface area (Å²) in [5, 5.41) is 6.71. The van der Waals surface area contributed by atoms with Crippen LogP contribution in [-0.4, -0.2) is 28.8 Å². The molecule has 132 valence electrons. The van der Waals surface area contributed by atoms with Gasteiger partial charge in [0.15, 0.2) is 0 Å². The number of amides is 1. The second-order valence-electron chi connectivity index (χ2n) is 6.05. The molecule has 1 atom stereocenters. The molecule has 1 N–H and O–H groups in total. The molecule has 1 aromatic heterocycles. The van der Waals surface area contributed by atoms with Crippen LogP contribution >= 0.6 is 0 Å². The number of carbonyl (C=O) groups is 1. The molecule has 0 spiro atoms. The van der Waals surface area contributed by atoms with Crippen LogP contribution in [0.15, 0.2) is 35.1 Å². The van der Waals surface area contributed by atoms with Gasteiger partial charge in [-0.05, 0) is 31.0 Å². The first-order chi connectivity index (χ1) is 11.9. The van der Waals surface area contributed by atoms with E-state index in [0.717, 1.165) is 25.1 Å². The van der Waals surface area contributed by atoms with Crippen molar-refractivity contribution in [3.63, 3.8) is 0 Å². The Morgan fingerprint density at radius 1 is 1.28 bits per heavy atom. The highest BCUT2D eigenvalue weighted by Gasteiger charge is 2.27. The third-order valence-electron chi connectivity index (χ3n) is 4.25. The average Bonchev–Trinajstić information content (AvgIpc) is 2.60. The van der Waals surface area contributed by atoms with Crippen molar-refractivity contribution in [2.45, 2.75) is 12.8 Å². The Morgan fingerprint density at radius 3 is 2.80 bits per heavy atom. The number of nitrogens with one attached hydrogen (secondary N) is 1. The fraction of sp³-hybridized carbons (Fsp3) is 0.353. The Morgan fingerprint density at radius 2 is 2.08 bits per heavy atom. The summed E-state index contributed by atoms with van der Waals surface area (Å²) >= 11 is 0. The van der Waals surface area contributed by atoms with Crippen LogP contribution in [0.4, 0.5) is 20.3 Å². The lowest BCUT2D eigenvalue weighted by Crippen LogP contribution is -2.41. The normalized spacial score (nSPS) is 17.4. The van der Waals surface area contributed by atoms with Crippen LogP contribution < -0.4 is 15.8 Å². The second-order valence-corrected chi connectivity index (χ2v) is 6.05. The number of carbonyl (C=O) groups excluding carboxylic acids is 1. The second kappa shape index (κ2) is 7.00. The van der Waals surface area contributed by atoms with Gasteiger partial charge in [-0.3, -0.25) is 9.59 Å². The van der Waals surface area contributed by atoms with E-state index in [4.69, 9.17) is 0 Å². The van der Waals surface area contributed by atoms with Gasteiger partial charge in [0.05, 0.1) is 11.6 Å². The molecule has 2 heterocycles. The highest BCUT2D eigenvalue weighted by atomic mass is 19.1. The zero-order chi connectivity index (χ0) is 18.0. The topological polar surface area (TPSA) is 67.2 Å². The van der Waals surface area contributed by atoms with Gasteiger partial charge in [-0.15, -0.1) is 0 Å². The molecule has 3 rings (SSSR count). The maximum absolute atomic E-state index is 13.7. The van der Waals surface area contributed by atoms with E-state index in [1.807, 2.05) is 4.90 Å². The van der Waals surface area contributed by atoms with E-state index < -0.39 is 11.6 Å². The van der Waals surface area contributed by atoms with Gasteiger partial charge in [-0.2, -0.15) is 5.10 Å². The minimum Gasteiger partial charge on any atom is -0.354 e. The summed E-state index contributed by atoms with van der Waals surface area (Å²) in [6.07, 6.45) is 1.44. The minimum absolute atomic E-state index is 0.0382. The highest BCUT2D eigenvalue weighted by molar-refractivity contribution is 5.93. The summed E-state index contributed by atoms with van der Waals surface area (Å²) < 4.78 is 27.9. The number of nitrogens with zero attached hydrogens (tertiary/aromatic N) is 3. The SMILES string of the molecule is Cn1nc(N2CCC[C@@H](C(=O)Nc3ccc(F)cc3F)C2)ccc1=O. The van der Waals surface area contributed by atoms with Crippen molar-refractivity contribution in [2.75, 3.05) is 23.3 Å². The van der Waals surface area contributed by atoms with Gasteiger partial charge in [0, 0.05) is 32.3 Å². The third-order valence-corrected chi connectivity index (χ3v) is 4.25. The molecule has 1 aromatic carbocycles. The van der Waals surface area contributed by atoms with Crippen molar-refractivity contribution in [1.82, 2.24) is 9.78 Å². The molecular weight excluding hydrogens is 330 g/mol. The predicted octanol–water partition coefficient (Wildman–Crippen LogP) is 1.91. The van der Waals surface area contributed by atoms with Crippen molar-refractivity contribution in [2.24, 2.45) is 13.0 Å². The van der Waals surface area contributed by atoms with E-state index in [2.05, 4.69) is 10.4 Å². The van der Waals surface area contributed by atoms with Gasteiger partial charge in [-0.25, -0.2) is 13.5 Å². The van der Waals surface area contributed by atoms with E-state index in [0.29, 0.717) is 18.8 Å². The molecule has 0 radical (unpaired) electrons. The van der Waals surface area contributed by atoms with Crippen LogP contribution in [0.5, 0.6) is 0 Å². The number of aromatic nitrogens is 2. The molecule has 6 nitrogen and oxygen atoms in total. The number of benzene rings is 1. The van der Waals surface area contributed by atoms with Gasteiger partial charge in [0.1, 0.15) is 17.5 Å². The monoisotopic (exact) mass is 348 g/mol. The lowest BCUT2D eigenvalue weighted by Gasteiger charge is -2.32. The molecule has 1 aliphatic heterocycles. The van der Waals surface area contributed by atoms with E-state index in [1.54, 1.807) is 13.1 Å². The number of anilines is 2. The van der Waals surface area contributed by atoms with Crippen LogP contribution in [0.1, 0.15) is 12.8 Å². The molecule has 0 bridgehead atoms. The Kier molecular flexibility index (Phi) is 4.78. The first-order valence-corrected chi connectivity index (χ1v) is 7.99. The molecule has 0 aliphatic carbocycles. The fourth-order valence-electron chi connectivity index (χ4n) is 2.88. The number of hydrogen-bond acceptors (Lipinski definition) is 4. The van der Waals surface area contributed by atoms with Gasteiger partial charge in [-0.1, -0.05) is 0 Å². The summed E-state index contributed by atoms with van der Waals surface area (Å²) in [6.45, 7) is 1.14. The van der Waals surface area contributed by atoms with Crippen LogP contribution in [0, 0.1) is 17.6 Å². The summed E-state index contributed by atoms with van der Waals surface area (Å²) in [5.41, 5.74) is -0.245. The first-order valence-electron chi connectivity index (χ1n) is 7.99. The van der Waals surface area contributed by atoms with Crippen molar-refractivity contribution in [3.8, 4) is 0 Å². The van der Waals surface area contributed by atoms with Crippen molar-refractivity contribution in [3.05, 3.63) is 52.3 Å². The van der Waals surface area contributed by atoms with Gasteiger partial charge in [0.25, 0.3) is 5.56 Å². The van der Waals surface area contributed by atoms with Crippen molar-refractivity contribution < 1.29 is 13.6 Å². The number of halogens is 2. The summed E-state index contributed by atoms with van der Waals surface area (Å²) in [7, 11) is 1.57. The average molecular weight is 348 g/mol. The summed E-state index contributed by atoms with van der Waals surface area (Å²) in [4.78, 5) is 25.8. The molecule has 0 unspecified atom stereocenters. The molecule has 0 saturated carbocycles. The zero-order valence-corrected chi connectivity index (χ0v) is 13.7. The summed E-state index contributed by atoms with van der Waals surface area (Å²) in [6, 6.07) is 6.09. The number of rotatable bonds is 3. The lowest BCUT2D eigenvalue weighted by atomic mass is 9.97. The Balaban J connectivity index is 1.71. The standard InChI is InChI=1S/C17H18F2N4O2/c1-22-16(24)7-6-15(21-22)23-8-2-3-11(10-23)17(25)20-14-5-4-12(18)9-13(14)19/h4-7,9,11H,2-3,8,10H2,1H3,(H,20,25)/t11-/m1/s1. The highest BCUT2D eigenvalue weighted by Crippen LogP contribution is 2.23. The smallest absolute Gasteiger partial charge is 0.266 e. The fourth-order valence-corrected chi connectivity index (χ4v) is 2.88. The van der Waals surface area contributed by atoms with E-state index in [1.165, 1.54) is 16.8 Å². The Bertz CT molecular complexity index is 853. The van der Waals surface area contributed by atoms with Crippen LogP contribution in [0.2, 0.25) is 0 Å². The van der Waals surface area contributed by atoms with E-state index in [9.17, 15) is 18.4 Å². The lowest BCUT2D eigenvalue weighted by molar-refractivity contribution is -0.120. The molecule has 8 heteroatoms. The third kappa shape index (κ3) is 3.84. The maximum atomic E-state index is 13.7. The Labute approximate surface area is 143 Å². The molecule has 1 fully saturated rings. The molecular formula is C17H18F2N4O2. The van der Waals surface area contributed by atoms with Gasteiger partial charge >= 0.3 is 0 Å². The van der Waals surface area contributed by atoms with Gasteiger partial charge < -0.3 is 10.2 Å². The molecule has 1 amide bonds. The Hall–Kier alpha value is -2.77.